The number of hydrogen-bond acceptors (Lipinski definition) is 17. The third kappa shape index (κ3) is 7.18. The summed E-state index contributed by atoms with van der Waals surface area (Å²) in [4.78, 5) is 10.7. The molecule has 18 nitrogen and oxygen atoms in total. The van der Waals surface area contributed by atoms with Gasteiger partial charge in [-0.05, 0) is 0 Å². The van der Waals surface area contributed by atoms with Gasteiger partial charge in [0, 0.05) is 0 Å². The summed E-state index contributed by atoms with van der Waals surface area (Å²) >= 11 is 0. The van der Waals surface area contributed by atoms with Crippen LogP contribution in [-0.4, -0.2) is 175 Å². The number of hydrogen-bond donors (Lipinski definition) is 15. The lowest BCUT2D eigenvalue weighted by molar-refractivity contribution is -0.173. The van der Waals surface area contributed by atoms with Crippen molar-refractivity contribution >= 4 is 5.97 Å². The van der Waals surface area contributed by atoms with Crippen LogP contribution in [0.2, 0.25) is 0 Å². The first-order chi connectivity index (χ1) is 16.6. The fourth-order valence-corrected chi connectivity index (χ4v) is 3.12. The van der Waals surface area contributed by atoms with E-state index in [1.807, 2.05) is 0 Å². The number of aliphatic hydroxyl groups excluding tert-OH is 14. The molecule has 13 unspecified atom stereocenters. The molecule has 0 aromatic carbocycles. The van der Waals surface area contributed by atoms with Gasteiger partial charge in [-0.3, -0.25) is 0 Å². The second kappa shape index (κ2) is 13.7. The molecule has 0 spiro atoms. The molecule has 36 heavy (non-hydrogen) atoms. The molecule has 0 fully saturated rings. The van der Waals surface area contributed by atoms with Crippen molar-refractivity contribution in [3.05, 3.63) is 11.5 Å². The van der Waals surface area contributed by atoms with E-state index in [9.17, 15) is 71.2 Å². The van der Waals surface area contributed by atoms with Gasteiger partial charge in [-0.15, -0.1) is 0 Å². The zero-order valence-electron chi connectivity index (χ0n) is 18.4. The lowest BCUT2D eigenvalue weighted by atomic mass is 9.92. The van der Waals surface area contributed by atoms with Gasteiger partial charge in [-0.2, -0.15) is 0 Å². The first kappa shape index (κ1) is 32.3. The molecule has 0 aromatic heterocycles. The van der Waals surface area contributed by atoms with Crippen LogP contribution in [0.3, 0.4) is 0 Å². The molecule has 0 radical (unpaired) electrons. The Kier molecular flexibility index (Phi) is 12.3. The Hall–Kier alpha value is -1.75. The molecule has 15 N–H and O–H groups in total. The highest BCUT2D eigenvalue weighted by atomic mass is 16.7. The van der Waals surface area contributed by atoms with Crippen molar-refractivity contribution in [2.45, 2.75) is 79.4 Å². The largest absolute Gasteiger partial charge is 0.479 e. The van der Waals surface area contributed by atoms with Gasteiger partial charge in [-0.25, -0.2) is 4.79 Å². The fourth-order valence-electron chi connectivity index (χ4n) is 3.12. The predicted molar refractivity (Wildman–Crippen MR) is 107 cm³/mol. The monoisotopic (exact) mass is 536 g/mol. The summed E-state index contributed by atoms with van der Waals surface area (Å²) in [5.41, 5.74) is 0. The second-order valence-corrected chi connectivity index (χ2v) is 7.97. The Morgan fingerprint density at radius 2 is 0.917 bits per heavy atom. The van der Waals surface area contributed by atoms with Crippen LogP contribution in [0.4, 0.5) is 0 Å². The highest BCUT2D eigenvalue weighted by Gasteiger charge is 2.45. The van der Waals surface area contributed by atoms with E-state index in [1.165, 1.54) is 0 Å². The van der Waals surface area contributed by atoms with Gasteiger partial charge in [0.1, 0.15) is 73.2 Å². The highest BCUT2D eigenvalue weighted by molar-refractivity contribution is 5.72. The van der Waals surface area contributed by atoms with Gasteiger partial charge in [-0.1, -0.05) is 0 Å². The van der Waals surface area contributed by atoms with Crippen molar-refractivity contribution in [2.75, 3.05) is 13.4 Å². The molecule has 212 valence electrons. The number of carboxylic acids is 1. The van der Waals surface area contributed by atoms with Crippen LogP contribution >= 0.6 is 0 Å². The molecule has 0 amide bonds. The average molecular weight is 536 g/mol. The standard InChI is InChI=1S/C18H32O18/c19-1-3(20)4(21)5(22)6(23)7(24)10(27)13(30)16-17(36-2-35-16)14(31)11(28)8(25)9(26)12(29)15(32)18(33)34/h3-15,19-32H,1-2H2,(H,33,34). The van der Waals surface area contributed by atoms with Gasteiger partial charge in [0.05, 0.1) is 6.61 Å². The van der Waals surface area contributed by atoms with Crippen LogP contribution < -0.4 is 0 Å². The number of aliphatic hydroxyl groups is 14. The summed E-state index contributed by atoms with van der Waals surface area (Å²) in [5, 5.41) is 146. The molecule has 0 saturated heterocycles. The molecule has 0 aromatic rings. The van der Waals surface area contributed by atoms with Crippen molar-refractivity contribution in [1.29, 1.82) is 0 Å². The molecule has 0 saturated carbocycles. The molecule has 1 heterocycles. The van der Waals surface area contributed by atoms with E-state index in [0.29, 0.717) is 0 Å². The van der Waals surface area contributed by atoms with E-state index in [4.69, 9.17) is 19.7 Å². The van der Waals surface area contributed by atoms with Crippen LogP contribution in [0.25, 0.3) is 0 Å². The maximum atomic E-state index is 10.7. The molecule has 0 aliphatic carbocycles. The number of carboxylic acid groups (broad SMARTS) is 1. The van der Waals surface area contributed by atoms with E-state index >= 15 is 0 Å². The molecular formula is C18H32O18. The number of ether oxygens (including phenoxy) is 2. The fraction of sp³-hybridized carbons (Fsp3) is 0.833. The summed E-state index contributed by atoms with van der Waals surface area (Å²) < 4.78 is 9.71. The van der Waals surface area contributed by atoms with Gasteiger partial charge in [0.25, 0.3) is 0 Å². The van der Waals surface area contributed by atoms with Crippen LogP contribution in [0.5, 0.6) is 0 Å². The van der Waals surface area contributed by atoms with Gasteiger partial charge in [0.15, 0.2) is 17.6 Å². The van der Waals surface area contributed by atoms with E-state index in [2.05, 4.69) is 0 Å². The quantitative estimate of drug-likeness (QED) is 0.0923. The summed E-state index contributed by atoms with van der Waals surface area (Å²) in [6.07, 6.45) is -31.2. The summed E-state index contributed by atoms with van der Waals surface area (Å²) in [6, 6.07) is 0. The minimum atomic E-state index is -2.59. The number of aliphatic carboxylic acids is 1. The summed E-state index contributed by atoms with van der Waals surface area (Å²) in [6.45, 7) is -1.80. The first-order valence-corrected chi connectivity index (χ1v) is 10.3. The molecular weight excluding hydrogens is 504 g/mol. The minimum absolute atomic E-state index is 0.764. The maximum Gasteiger partial charge on any atom is 0.335 e. The van der Waals surface area contributed by atoms with Crippen molar-refractivity contribution in [1.82, 2.24) is 0 Å². The smallest absolute Gasteiger partial charge is 0.335 e. The summed E-state index contributed by atoms with van der Waals surface area (Å²) in [7, 11) is 0. The molecule has 1 aliphatic heterocycles. The van der Waals surface area contributed by atoms with E-state index < -0.39 is 110 Å². The Labute approximate surface area is 202 Å². The minimum Gasteiger partial charge on any atom is -0.479 e. The van der Waals surface area contributed by atoms with Gasteiger partial charge in [0.2, 0.25) is 6.79 Å². The average Bonchev–Trinajstić information content (AvgIpc) is 3.36. The number of carbonyl (C=O) groups is 1. The van der Waals surface area contributed by atoms with Gasteiger partial charge >= 0.3 is 5.97 Å². The van der Waals surface area contributed by atoms with Crippen LogP contribution in [0.1, 0.15) is 0 Å². The lowest BCUT2D eigenvalue weighted by Gasteiger charge is -2.32. The Bertz CT molecular complexity index is 733. The van der Waals surface area contributed by atoms with E-state index in [0.717, 1.165) is 0 Å². The third-order valence-corrected chi connectivity index (χ3v) is 5.46. The Balaban J connectivity index is 3.04. The maximum absolute atomic E-state index is 10.7. The van der Waals surface area contributed by atoms with Gasteiger partial charge < -0.3 is 86.1 Å². The molecule has 1 rings (SSSR count). The van der Waals surface area contributed by atoms with Crippen molar-refractivity contribution in [2.24, 2.45) is 0 Å². The first-order valence-electron chi connectivity index (χ1n) is 10.3. The predicted octanol–water partition coefficient (Wildman–Crippen LogP) is -9.03. The van der Waals surface area contributed by atoms with Crippen LogP contribution in [0.15, 0.2) is 11.5 Å². The van der Waals surface area contributed by atoms with Crippen LogP contribution in [0, 0.1) is 0 Å². The highest BCUT2D eigenvalue weighted by Crippen LogP contribution is 2.28. The normalized spacial score (nSPS) is 25.2. The SMILES string of the molecule is O=C(O)C(O)C(O)C(O)C(O)C(O)C(O)C1=C(C(O)C(O)C(O)C(O)C(O)C(O)C(O)CO)OCO1. The van der Waals surface area contributed by atoms with Crippen LogP contribution in [-0.2, 0) is 14.3 Å². The van der Waals surface area contributed by atoms with Crippen molar-refractivity contribution in [3.63, 3.8) is 0 Å². The number of rotatable bonds is 15. The van der Waals surface area contributed by atoms with E-state index in [-0.39, 0.29) is 0 Å². The molecule has 0 bridgehead atoms. The lowest BCUT2D eigenvalue weighted by Crippen LogP contribution is -2.55. The zero-order valence-corrected chi connectivity index (χ0v) is 18.4. The van der Waals surface area contributed by atoms with Crippen molar-refractivity contribution in [3.8, 4) is 0 Å². The second-order valence-electron chi connectivity index (χ2n) is 7.97. The van der Waals surface area contributed by atoms with E-state index in [1.54, 1.807) is 0 Å². The summed E-state index contributed by atoms with van der Waals surface area (Å²) in [5.74, 6) is -3.74. The third-order valence-electron chi connectivity index (χ3n) is 5.46. The Morgan fingerprint density at radius 1 is 0.583 bits per heavy atom. The zero-order chi connectivity index (χ0) is 28.1. The Morgan fingerprint density at radius 3 is 1.28 bits per heavy atom. The molecule has 18 heteroatoms. The molecule has 1 aliphatic rings. The topological polar surface area (TPSA) is 339 Å². The molecule has 13 atom stereocenters. The van der Waals surface area contributed by atoms with Crippen molar-refractivity contribution < 1.29 is 90.9 Å².